The van der Waals surface area contributed by atoms with Gasteiger partial charge in [0.2, 0.25) is 0 Å². The number of nitrogens with one attached hydrogen (secondary N) is 1. The third-order valence-corrected chi connectivity index (χ3v) is 3.26. The van der Waals surface area contributed by atoms with Gasteiger partial charge in [0.05, 0.1) is 5.56 Å². The smallest absolute Gasteiger partial charge is 0.431 e. The highest BCUT2D eigenvalue weighted by molar-refractivity contribution is 5.95. The zero-order valence-electron chi connectivity index (χ0n) is 15.7. The fourth-order valence-corrected chi connectivity index (χ4v) is 2.12. The molecule has 0 unspecified atom stereocenters. The zero-order chi connectivity index (χ0) is 20.0. The lowest BCUT2D eigenvalue weighted by Crippen LogP contribution is -2.44. The van der Waals surface area contributed by atoms with Crippen molar-refractivity contribution in [3.63, 3.8) is 0 Å². The van der Waals surface area contributed by atoms with E-state index in [1.165, 1.54) is 19.2 Å². The van der Waals surface area contributed by atoms with E-state index in [2.05, 4.69) is 5.43 Å². The molecule has 0 heterocycles. The van der Waals surface area contributed by atoms with Gasteiger partial charge in [-0.2, -0.15) is 0 Å². The van der Waals surface area contributed by atoms with Crippen molar-refractivity contribution in [1.82, 2.24) is 10.4 Å². The Morgan fingerprint density at radius 2 is 1.56 bits per heavy atom. The van der Waals surface area contributed by atoms with Crippen LogP contribution in [-0.2, 0) is 4.74 Å². The number of hydrogen-bond acceptors (Lipinski definition) is 5. The maximum Gasteiger partial charge on any atom is 0.431 e. The number of nitrogens with zero attached hydrogens (tertiary/aromatic N) is 1. The maximum atomic E-state index is 12.2. The van der Waals surface area contributed by atoms with E-state index in [0.29, 0.717) is 5.56 Å². The molecule has 0 bridgehead atoms. The van der Waals surface area contributed by atoms with Gasteiger partial charge in [-0.3, -0.25) is 9.80 Å². The molecular weight excluding hydrogens is 348 g/mol. The third kappa shape index (κ3) is 6.14. The quantitative estimate of drug-likeness (QED) is 0.661. The Bertz CT molecular complexity index is 828. The van der Waals surface area contributed by atoms with Gasteiger partial charge in [0, 0.05) is 12.6 Å². The summed E-state index contributed by atoms with van der Waals surface area (Å²) in [6.45, 7) is 5.29. The molecule has 0 saturated heterocycles. The molecule has 1 N–H and O–H groups in total. The predicted octanol–water partition coefficient (Wildman–Crippen LogP) is 3.42. The van der Waals surface area contributed by atoms with Crippen LogP contribution in [0.5, 0.6) is 5.75 Å². The summed E-state index contributed by atoms with van der Waals surface area (Å²) >= 11 is 0. The molecule has 7 heteroatoms. The highest BCUT2D eigenvalue weighted by Crippen LogP contribution is 2.17. The molecular formula is C20H22N2O5. The van der Waals surface area contributed by atoms with Crippen molar-refractivity contribution in [3.8, 4) is 5.75 Å². The lowest BCUT2D eigenvalue weighted by molar-refractivity contribution is 0.00689. The van der Waals surface area contributed by atoms with E-state index < -0.39 is 23.6 Å². The summed E-state index contributed by atoms with van der Waals surface area (Å²) in [5.41, 5.74) is 2.36. The lowest BCUT2D eigenvalue weighted by atomic mass is 10.1. The van der Waals surface area contributed by atoms with Gasteiger partial charge in [-0.25, -0.2) is 15.0 Å². The van der Waals surface area contributed by atoms with Crippen LogP contribution in [0.3, 0.4) is 0 Å². The Hall–Kier alpha value is -3.35. The summed E-state index contributed by atoms with van der Waals surface area (Å²) in [6.07, 6.45) is -0.858. The second-order valence-corrected chi connectivity index (χ2v) is 6.76. The Balaban J connectivity index is 1.98. The Labute approximate surface area is 157 Å². The molecule has 2 rings (SSSR count). The van der Waals surface area contributed by atoms with E-state index in [1.807, 2.05) is 0 Å². The molecule has 0 fully saturated rings. The summed E-state index contributed by atoms with van der Waals surface area (Å²) < 4.78 is 10.4. The monoisotopic (exact) mass is 370 g/mol. The normalized spacial score (nSPS) is 10.7. The molecule has 0 aliphatic heterocycles. The minimum Gasteiger partial charge on any atom is -0.456 e. The summed E-state index contributed by atoms with van der Waals surface area (Å²) in [5, 5.41) is 1.02. The predicted molar refractivity (Wildman–Crippen MR) is 99.3 cm³/mol. The number of esters is 1. The summed E-state index contributed by atoms with van der Waals surface area (Å²) in [7, 11) is 1.41. The first-order valence-electron chi connectivity index (χ1n) is 8.31. The highest BCUT2D eigenvalue weighted by Gasteiger charge is 2.19. The van der Waals surface area contributed by atoms with Gasteiger partial charge in [-0.05, 0) is 51.1 Å². The molecule has 0 saturated carbocycles. The minimum atomic E-state index is -0.858. The zero-order valence-corrected chi connectivity index (χ0v) is 15.7. The van der Waals surface area contributed by atoms with Crippen molar-refractivity contribution in [2.75, 3.05) is 7.05 Å². The second-order valence-electron chi connectivity index (χ2n) is 6.76. The average Bonchev–Trinajstić information content (AvgIpc) is 2.60. The largest absolute Gasteiger partial charge is 0.456 e. The Kier molecular flexibility index (Phi) is 6.18. The van der Waals surface area contributed by atoms with Crippen molar-refractivity contribution in [2.45, 2.75) is 26.4 Å². The first-order chi connectivity index (χ1) is 12.7. The van der Waals surface area contributed by atoms with Crippen LogP contribution < -0.4 is 10.2 Å². The van der Waals surface area contributed by atoms with Crippen LogP contribution in [0.4, 0.5) is 4.79 Å². The standard InChI is InChI=1S/C20H22N2O5/c1-20(2,3)27-18(24)15-11-8-12-16(13-15)26-19(25)21-22(4)17(23)14-9-6-5-7-10-14/h5-13H,1-4H3,(H,21,25). The maximum absolute atomic E-state index is 12.2. The van der Waals surface area contributed by atoms with Crippen LogP contribution in [-0.4, -0.2) is 35.6 Å². The SMILES string of the molecule is CN(NC(=O)Oc1cccc(C(=O)OC(C)(C)C)c1)C(=O)c1ccccc1. The van der Waals surface area contributed by atoms with E-state index in [-0.39, 0.29) is 11.3 Å². The van der Waals surface area contributed by atoms with Crippen molar-refractivity contribution in [1.29, 1.82) is 0 Å². The number of ether oxygens (including phenoxy) is 2. The molecule has 0 spiro atoms. The van der Waals surface area contributed by atoms with E-state index in [1.54, 1.807) is 63.2 Å². The molecule has 0 atom stereocenters. The van der Waals surface area contributed by atoms with Crippen LogP contribution in [0.15, 0.2) is 54.6 Å². The molecule has 0 aromatic heterocycles. The fraction of sp³-hybridized carbons (Fsp3) is 0.250. The Morgan fingerprint density at radius 3 is 2.19 bits per heavy atom. The molecule has 7 nitrogen and oxygen atoms in total. The average molecular weight is 370 g/mol. The van der Waals surface area contributed by atoms with Gasteiger partial charge in [0.1, 0.15) is 11.4 Å². The molecule has 0 aliphatic rings. The van der Waals surface area contributed by atoms with Crippen molar-refractivity contribution < 1.29 is 23.9 Å². The summed E-state index contributed by atoms with van der Waals surface area (Å²) in [5.74, 6) is -0.767. The van der Waals surface area contributed by atoms with Gasteiger partial charge in [-0.1, -0.05) is 24.3 Å². The molecule has 2 amide bonds. The van der Waals surface area contributed by atoms with E-state index in [4.69, 9.17) is 9.47 Å². The van der Waals surface area contributed by atoms with Crippen LogP contribution in [0.2, 0.25) is 0 Å². The van der Waals surface area contributed by atoms with Crippen LogP contribution in [0, 0.1) is 0 Å². The van der Waals surface area contributed by atoms with Crippen LogP contribution >= 0.6 is 0 Å². The number of hydrogen-bond donors (Lipinski definition) is 1. The van der Waals surface area contributed by atoms with Gasteiger partial charge in [-0.15, -0.1) is 0 Å². The highest BCUT2D eigenvalue weighted by atomic mass is 16.6. The first-order valence-corrected chi connectivity index (χ1v) is 8.31. The van der Waals surface area contributed by atoms with Gasteiger partial charge >= 0.3 is 12.1 Å². The second kappa shape index (κ2) is 8.35. The first kappa shape index (κ1) is 20.0. The molecule has 2 aromatic carbocycles. The molecule has 0 radical (unpaired) electrons. The number of carbonyl (C=O) groups excluding carboxylic acids is 3. The number of benzene rings is 2. The third-order valence-electron chi connectivity index (χ3n) is 3.26. The summed E-state index contributed by atoms with van der Waals surface area (Å²) in [6, 6.07) is 14.6. The fourth-order valence-electron chi connectivity index (χ4n) is 2.12. The number of rotatable bonds is 3. The molecule has 2 aromatic rings. The van der Waals surface area contributed by atoms with Crippen LogP contribution in [0.25, 0.3) is 0 Å². The van der Waals surface area contributed by atoms with E-state index in [9.17, 15) is 14.4 Å². The van der Waals surface area contributed by atoms with E-state index in [0.717, 1.165) is 5.01 Å². The van der Waals surface area contributed by atoms with Gasteiger partial charge in [0.25, 0.3) is 5.91 Å². The van der Waals surface area contributed by atoms with Crippen molar-refractivity contribution in [2.24, 2.45) is 0 Å². The molecule has 27 heavy (non-hydrogen) atoms. The Morgan fingerprint density at radius 1 is 0.926 bits per heavy atom. The minimum absolute atomic E-state index is 0.149. The number of carbonyl (C=O) groups is 3. The van der Waals surface area contributed by atoms with Gasteiger partial charge < -0.3 is 9.47 Å². The van der Waals surface area contributed by atoms with Crippen LogP contribution in [0.1, 0.15) is 41.5 Å². The number of amides is 2. The topological polar surface area (TPSA) is 84.9 Å². The van der Waals surface area contributed by atoms with Crippen molar-refractivity contribution in [3.05, 3.63) is 65.7 Å². The molecule has 0 aliphatic carbocycles. The van der Waals surface area contributed by atoms with Gasteiger partial charge in [0.15, 0.2) is 0 Å². The summed E-state index contributed by atoms with van der Waals surface area (Å²) in [4.78, 5) is 36.3. The number of hydrazine groups is 1. The van der Waals surface area contributed by atoms with E-state index >= 15 is 0 Å². The molecule has 142 valence electrons. The van der Waals surface area contributed by atoms with Crippen molar-refractivity contribution >= 4 is 18.0 Å². The lowest BCUT2D eigenvalue weighted by Gasteiger charge is -2.20.